The van der Waals surface area contributed by atoms with E-state index in [0.29, 0.717) is 6.42 Å². The summed E-state index contributed by atoms with van der Waals surface area (Å²) in [6, 6.07) is 6.35. The van der Waals surface area contributed by atoms with Crippen molar-refractivity contribution in [1.29, 1.82) is 0 Å². The molecule has 6 nitrogen and oxygen atoms in total. The molecule has 0 radical (unpaired) electrons. The second-order valence-electron chi connectivity index (χ2n) is 4.98. The minimum Gasteiger partial charge on any atom is -0.492 e. The van der Waals surface area contributed by atoms with Crippen LogP contribution in [0.5, 0.6) is 0 Å². The molecule has 1 aromatic carbocycles. The number of benzene rings is 1. The van der Waals surface area contributed by atoms with Crippen LogP contribution in [0.4, 0.5) is 0 Å². The number of hydrogen-bond donors (Lipinski definition) is 0. The summed E-state index contributed by atoms with van der Waals surface area (Å²) in [5, 5.41) is 0. The second-order valence-corrected chi connectivity index (χ2v) is 6.60. The highest BCUT2D eigenvalue weighted by molar-refractivity contribution is 7.86. The van der Waals surface area contributed by atoms with Crippen molar-refractivity contribution in [3.05, 3.63) is 42.2 Å². The van der Waals surface area contributed by atoms with Crippen molar-refractivity contribution in [2.75, 3.05) is 6.61 Å². The zero-order valence-corrected chi connectivity index (χ0v) is 13.2. The summed E-state index contributed by atoms with van der Waals surface area (Å²) in [5.41, 5.74) is 0.953. The van der Waals surface area contributed by atoms with E-state index in [4.69, 9.17) is 13.7 Å². The van der Waals surface area contributed by atoms with Crippen molar-refractivity contribution in [3.63, 3.8) is 0 Å². The van der Waals surface area contributed by atoms with Crippen LogP contribution in [-0.4, -0.2) is 33.2 Å². The Bertz CT molecular complexity index is 647. The van der Waals surface area contributed by atoms with Gasteiger partial charge in [-0.3, -0.25) is 8.98 Å². The van der Waals surface area contributed by atoms with Crippen molar-refractivity contribution < 1.29 is 26.9 Å². The number of ether oxygens (including phenoxy) is 2. The molecule has 2 atom stereocenters. The van der Waals surface area contributed by atoms with Crippen molar-refractivity contribution in [1.82, 2.24) is 0 Å². The van der Waals surface area contributed by atoms with Gasteiger partial charge in [-0.25, -0.2) is 0 Å². The van der Waals surface area contributed by atoms with Gasteiger partial charge in [0.25, 0.3) is 10.1 Å². The number of aryl methyl sites for hydroxylation is 1. The monoisotopic (exact) mass is 326 g/mol. The smallest absolute Gasteiger partial charge is 0.303 e. The third-order valence-electron chi connectivity index (χ3n) is 3.15. The molecule has 0 saturated carbocycles. The first-order valence-corrected chi connectivity index (χ1v) is 8.23. The molecule has 0 amide bonds. The number of esters is 1. The average molecular weight is 326 g/mol. The predicted molar refractivity (Wildman–Crippen MR) is 78.5 cm³/mol. The standard InChI is InChI=1S/C15H18O6S/c1-11-5-7-13(8-6-11)22(17,18)20-10-15-14(21-12(2)16)4-3-9-19-15/h3,5-9,14-15H,4,10H2,1-2H3/t14-,15-/m1/s1. The highest BCUT2D eigenvalue weighted by Gasteiger charge is 2.29. The van der Waals surface area contributed by atoms with E-state index in [1.54, 1.807) is 18.2 Å². The molecule has 0 saturated heterocycles. The second kappa shape index (κ2) is 6.93. The zero-order chi connectivity index (χ0) is 16.2. The maximum absolute atomic E-state index is 12.1. The van der Waals surface area contributed by atoms with E-state index in [1.807, 2.05) is 6.92 Å². The fraction of sp³-hybridized carbons (Fsp3) is 0.400. The van der Waals surface area contributed by atoms with Gasteiger partial charge in [0.15, 0.2) is 6.10 Å². The van der Waals surface area contributed by atoms with Crippen LogP contribution in [0.1, 0.15) is 18.9 Å². The van der Waals surface area contributed by atoms with E-state index in [-0.39, 0.29) is 11.5 Å². The predicted octanol–water partition coefficient (Wildman–Crippen LogP) is 1.93. The number of carbonyl (C=O) groups is 1. The van der Waals surface area contributed by atoms with Crippen LogP contribution in [0, 0.1) is 6.92 Å². The maximum atomic E-state index is 12.1. The molecule has 1 heterocycles. The van der Waals surface area contributed by atoms with Crippen molar-refractivity contribution in [3.8, 4) is 0 Å². The summed E-state index contributed by atoms with van der Waals surface area (Å²) in [6.07, 6.45) is 2.40. The molecule has 1 aliphatic heterocycles. The Morgan fingerprint density at radius 1 is 1.32 bits per heavy atom. The van der Waals surface area contributed by atoms with Crippen LogP contribution < -0.4 is 0 Å². The molecule has 1 aromatic rings. The van der Waals surface area contributed by atoms with E-state index >= 15 is 0 Å². The van der Waals surface area contributed by atoms with Crippen LogP contribution in [0.2, 0.25) is 0 Å². The molecule has 22 heavy (non-hydrogen) atoms. The number of hydrogen-bond acceptors (Lipinski definition) is 6. The van der Waals surface area contributed by atoms with Gasteiger partial charge < -0.3 is 9.47 Å². The first-order valence-electron chi connectivity index (χ1n) is 6.82. The number of carbonyl (C=O) groups excluding carboxylic acids is 1. The minimum absolute atomic E-state index is 0.0773. The first kappa shape index (κ1) is 16.5. The largest absolute Gasteiger partial charge is 0.492 e. The Hall–Kier alpha value is -1.86. The molecule has 0 fully saturated rings. The Kier molecular flexibility index (Phi) is 5.20. The molecule has 0 bridgehead atoms. The molecule has 7 heteroatoms. The van der Waals surface area contributed by atoms with Crippen molar-refractivity contribution in [2.45, 2.75) is 37.4 Å². The quantitative estimate of drug-likeness (QED) is 0.608. The zero-order valence-electron chi connectivity index (χ0n) is 12.4. The lowest BCUT2D eigenvalue weighted by atomic mass is 10.1. The Labute approximate surface area is 129 Å². The van der Waals surface area contributed by atoms with Gasteiger partial charge in [0.1, 0.15) is 12.7 Å². The lowest BCUT2D eigenvalue weighted by Crippen LogP contribution is -2.37. The summed E-state index contributed by atoms with van der Waals surface area (Å²) in [5.74, 6) is -0.449. The van der Waals surface area contributed by atoms with Crippen LogP contribution >= 0.6 is 0 Å². The van der Waals surface area contributed by atoms with E-state index in [9.17, 15) is 13.2 Å². The van der Waals surface area contributed by atoms with Crippen LogP contribution in [0.3, 0.4) is 0 Å². The van der Waals surface area contributed by atoms with Gasteiger partial charge >= 0.3 is 5.97 Å². The molecule has 2 rings (SSSR count). The van der Waals surface area contributed by atoms with Crippen LogP contribution in [0.15, 0.2) is 41.5 Å². The third kappa shape index (κ3) is 4.32. The molecule has 0 N–H and O–H groups in total. The average Bonchev–Trinajstić information content (AvgIpc) is 2.46. The van der Waals surface area contributed by atoms with E-state index < -0.39 is 28.3 Å². The van der Waals surface area contributed by atoms with Gasteiger partial charge in [-0.15, -0.1) is 0 Å². The van der Waals surface area contributed by atoms with Gasteiger partial charge in [-0.2, -0.15) is 8.42 Å². The number of rotatable bonds is 5. The van der Waals surface area contributed by atoms with Gasteiger partial charge in [-0.1, -0.05) is 17.7 Å². The summed E-state index contributed by atoms with van der Waals surface area (Å²) in [6.45, 7) is 2.93. The summed E-state index contributed by atoms with van der Waals surface area (Å²) in [7, 11) is -3.87. The first-order chi connectivity index (χ1) is 10.4. The molecule has 0 spiro atoms. The molecule has 0 unspecified atom stereocenters. The van der Waals surface area contributed by atoms with Gasteiger partial charge in [-0.05, 0) is 25.1 Å². The lowest BCUT2D eigenvalue weighted by molar-refractivity contribution is -0.154. The topological polar surface area (TPSA) is 78.9 Å². The van der Waals surface area contributed by atoms with Crippen LogP contribution in [-0.2, 0) is 28.6 Å². The molecular formula is C15H18O6S. The molecule has 0 aliphatic carbocycles. The van der Waals surface area contributed by atoms with Crippen LogP contribution in [0.25, 0.3) is 0 Å². The summed E-state index contributed by atoms with van der Waals surface area (Å²) < 4.78 is 39.6. The van der Waals surface area contributed by atoms with Crippen molar-refractivity contribution >= 4 is 16.1 Å². The van der Waals surface area contributed by atoms with E-state index in [2.05, 4.69) is 0 Å². The lowest BCUT2D eigenvalue weighted by Gasteiger charge is -2.27. The molecule has 1 aliphatic rings. The highest BCUT2D eigenvalue weighted by atomic mass is 32.2. The Morgan fingerprint density at radius 3 is 2.64 bits per heavy atom. The third-order valence-corrected chi connectivity index (χ3v) is 4.44. The Balaban J connectivity index is 2.02. The van der Waals surface area contributed by atoms with Crippen molar-refractivity contribution in [2.24, 2.45) is 0 Å². The summed E-state index contributed by atoms with van der Waals surface area (Å²) >= 11 is 0. The fourth-order valence-corrected chi connectivity index (χ4v) is 2.92. The van der Waals surface area contributed by atoms with E-state index in [1.165, 1.54) is 25.3 Å². The SMILES string of the molecule is CC(=O)O[C@@H]1CC=CO[C@@H]1COS(=O)(=O)c1ccc(C)cc1. The maximum Gasteiger partial charge on any atom is 0.303 e. The summed E-state index contributed by atoms with van der Waals surface area (Å²) in [4.78, 5) is 11.1. The molecular weight excluding hydrogens is 308 g/mol. The van der Waals surface area contributed by atoms with E-state index in [0.717, 1.165) is 5.56 Å². The molecule has 0 aromatic heterocycles. The van der Waals surface area contributed by atoms with Gasteiger partial charge in [0, 0.05) is 13.3 Å². The van der Waals surface area contributed by atoms with Gasteiger partial charge in [0.2, 0.25) is 0 Å². The minimum atomic E-state index is -3.87. The normalized spacial score (nSPS) is 21.2. The Morgan fingerprint density at radius 2 is 2.00 bits per heavy atom. The fourth-order valence-electron chi connectivity index (χ4n) is 2.00. The highest BCUT2D eigenvalue weighted by Crippen LogP contribution is 2.19. The molecule has 120 valence electrons. The van der Waals surface area contributed by atoms with Gasteiger partial charge in [0.05, 0.1) is 11.2 Å².